The predicted octanol–water partition coefficient (Wildman–Crippen LogP) is 1.24. The molecule has 1 amide bonds. The number of carbonyl (C=O) groups is 2. The summed E-state index contributed by atoms with van der Waals surface area (Å²) in [6.07, 6.45) is 0. The van der Waals surface area contributed by atoms with E-state index in [2.05, 4.69) is 9.97 Å². The van der Waals surface area contributed by atoms with Crippen LogP contribution in [0.1, 0.15) is 33.5 Å². The van der Waals surface area contributed by atoms with Crippen molar-refractivity contribution in [2.75, 3.05) is 0 Å². The molecular formula is C12H11N3O2. The molecule has 1 heterocycles. The third kappa shape index (κ3) is 1.99. The van der Waals surface area contributed by atoms with Crippen molar-refractivity contribution in [1.82, 2.24) is 9.97 Å². The number of carbonyl (C=O) groups excluding carboxylic acids is 2. The molecule has 0 bridgehead atoms. The average molecular weight is 229 g/mol. The van der Waals surface area contributed by atoms with Crippen molar-refractivity contribution in [1.29, 1.82) is 0 Å². The molecule has 2 aromatic rings. The first-order valence-corrected chi connectivity index (χ1v) is 5.08. The van der Waals surface area contributed by atoms with E-state index in [0.717, 1.165) is 0 Å². The Bertz CT molecular complexity index is 635. The van der Waals surface area contributed by atoms with Crippen LogP contribution >= 0.6 is 0 Å². The lowest BCUT2D eigenvalue weighted by Gasteiger charge is -2.04. The van der Waals surface area contributed by atoms with Gasteiger partial charge in [0.1, 0.15) is 5.69 Å². The number of Topliss-reactive ketones (excluding diaryl/α,β-unsaturated/α-hetero) is 1. The van der Waals surface area contributed by atoms with E-state index in [1.54, 1.807) is 25.1 Å². The summed E-state index contributed by atoms with van der Waals surface area (Å²) in [5, 5.41) is 0. The number of nitrogens with two attached hydrogens (primary N) is 1. The van der Waals surface area contributed by atoms with Crippen molar-refractivity contribution >= 4 is 22.7 Å². The number of fused-ring (bicyclic) bond motifs is 1. The summed E-state index contributed by atoms with van der Waals surface area (Å²) in [4.78, 5) is 30.7. The molecule has 0 saturated carbocycles. The fourth-order valence-corrected chi connectivity index (χ4v) is 1.59. The lowest BCUT2D eigenvalue weighted by molar-refractivity contribution is 0.0992. The molecule has 2 N–H and O–H groups in total. The van der Waals surface area contributed by atoms with Crippen molar-refractivity contribution in [2.24, 2.45) is 5.73 Å². The van der Waals surface area contributed by atoms with Crippen LogP contribution in [0.2, 0.25) is 0 Å². The van der Waals surface area contributed by atoms with Gasteiger partial charge in [0, 0.05) is 5.56 Å². The zero-order chi connectivity index (χ0) is 12.6. The molecule has 0 aliphatic carbocycles. The Morgan fingerprint density at radius 2 is 1.88 bits per heavy atom. The maximum atomic E-state index is 11.2. The van der Waals surface area contributed by atoms with Gasteiger partial charge < -0.3 is 5.73 Å². The summed E-state index contributed by atoms with van der Waals surface area (Å²) in [6, 6.07) is 5.00. The summed E-state index contributed by atoms with van der Waals surface area (Å²) in [5.41, 5.74) is 7.49. The number of rotatable bonds is 2. The molecule has 17 heavy (non-hydrogen) atoms. The van der Waals surface area contributed by atoms with E-state index in [9.17, 15) is 9.59 Å². The Hall–Kier alpha value is -2.30. The van der Waals surface area contributed by atoms with Crippen molar-refractivity contribution in [3.05, 3.63) is 35.2 Å². The summed E-state index contributed by atoms with van der Waals surface area (Å²) in [5.74, 6) is -0.681. The van der Waals surface area contributed by atoms with E-state index < -0.39 is 5.91 Å². The van der Waals surface area contributed by atoms with Crippen LogP contribution in [0.15, 0.2) is 18.2 Å². The lowest BCUT2D eigenvalue weighted by atomic mass is 10.1. The minimum absolute atomic E-state index is 0.0603. The second kappa shape index (κ2) is 3.93. The van der Waals surface area contributed by atoms with Crippen LogP contribution in [0.3, 0.4) is 0 Å². The van der Waals surface area contributed by atoms with E-state index in [0.29, 0.717) is 22.3 Å². The van der Waals surface area contributed by atoms with Gasteiger partial charge in [-0.2, -0.15) is 0 Å². The second-order valence-corrected chi connectivity index (χ2v) is 3.78. The van der Waals surface area contributed by atoms with Crippen LogP contribution in [0.25, 0.3) is 11.0 Å². The smallest absolute Gasteiger partial charge is 0.269 e. The van der Waals surface area contributed by atoms with Gasteiger partial charge in [0.2, 0.25) is 0 Å². The van der Waals surface area contributed by atoms with Crippen LogP contribution in [0.4, 0.5) is 0 Å². The molecule has 86 valence electrons. The zero-order valence-electron chi connectivity index (χ0n) is 9.52. The quantitative estimate of drug-likeness (QED) is 0.785. The molecule has 0 unspecified atom stereocenters. The van der Waals surface area contributed by atoms with Crippen LogP contribution in [0, 0.1) is 6.92 Å². The predicted molar refractivity (Wildman–Crippen MR) is 62.8 cm³/mol. The van der Waals surface area contributed by atoms with Crippen molar-refractivity contribution in [3.63, 3.8) is 0 Å². The first-order chi connectivity index (χ1) is 7.99. The van der Waals surface area contributed by atoms with Crippen LogP contribution in [-0.4, -0.2) is 21.7 Å². The molecular weight excluding hydrogens is 218 g/mol. The summed E-state index contributed by atoms with van der Waals surface area (Å²) < 4.78 is 0. The average Bonchev–Trinajstić information content (AvgIpc) is 2.27. The highest BCUT2D eigenvalue weighted by Gasteiger charge is 2.11. The Morgan fingerprint density at radius 1 is 1.18 bits per heavy atom. The molecule has 0 spiro atoms. The normalized spacial score (nSPS) is 10.5. The minimum Gasteiger partial charge on any atom is -0.364 e. The molecule has 0 radical (unpaired) electrons. The van der Waals surface area contributed by atoms with Crippen LogP contribution in [0.5, 0.6) is 0 Å². The van der Waals surface area contributed by atoms with Gasteiger partial charge in [-0.3, -0.25) is 9.59 Å². The van der Waals surface area contributed by atoms with E-state index >= 15 is 0 Å². The zero-order valence-corrected chi connectivity index (χ0v) is 9.52. The Morgan fingerprint density at radius 3 is 2.47 bits per heavy atom. The number of amides is 1. The molecule has 0 saturated heterocycles. The molecule has 0 fully saturated rings. The summed E-state index contributed by atoms with van der Waals surface area (Å²) in [6.45, 7) is 3.14. The van der Waals surface area contributed by atoms with Gasteiger partial charge in [-0.05, 0) is 32.0 Å². The molecule has 0 aliphatic rings. The van der Waals surface area contributed by atoms with Crippen LogP contribution in [-0.2, 0) is 0 Å². The van der Waals surface area contributed by atoms with Gasteiger partial charge >= 0.3 is 0 Å². The fourth-order valence-electron chi connectivity index (χ4n) is 1.59. The maximum absolute atomic E-state index is 11.2. The number of hydrogen-bond acceptors (Lipinski definition) is 4. The van der Waals surface area contributed by atoms with Gasteiger partial charge in [-0.1, -0.05) is 0 Å². The number of aryl methyl sites for hydroxylation is 1. The number of ketones is 1. The van der Waals surface area contributed by atoms with E-state index in [-0.39, 0.29) is 11.5 Å². The van der Waals surface area contributed by atoms with Crippen LogP contribution < -0.4 is 5.73 Å². The number of nitrogens with zero attached hydrogens (tertiary/aromatic N) is 2. The molecule has 2 rings (SSSR count). The highest BCUT2D eigenvalue weighted by Crippen LogP contribution is 2.15. The molecule has 1 aromatic heterocycles. The van der Waals surface area contributed by atoms with E-state index in [1.807, 2.05) is 0 Å². The number of aromatic nitrogens is 2. The molecule has 5 heteroatoms. The second-order valence-electron chi connectivity index (χ2n) is 3.78. The molecule has 1 aromatic carbocycles. The highest BCUT2D eigenvalue weighted by atomic mass is 16.1. The summed E-state index contributed by atoms with van der Waals surface area (Å²) in [7, 11) is 0. The van der Waals surface area contributed by atoms with Crippen molar-refractivity contribution in [3.8, 4) is 0 Å². The van der Waals surface area contributed by atoms with E-state index in [4.69, 9.17) is 5.73 Å². The van der Waals surface area contributed by atoms with Gasteiger partial charge in [-0.15, -0.1) is 0 Å². The van der Waals surface area contributed by atoms with Crippen molar-refractivity contribution < 1.29 is 9.59 Å². The van der Waals surface area contributed by atoms with E-state index in [1.165, 1.54) is 6.92 Å². The maximum Gasteiger partial charge on any atom is 0.269 e. The Balaban J connectivity index is 2.72. The fraction of sp³-hybridized carbons (Fsp3) is 0.167. The number of primary amides is 1. The van der Waals surface area contributed by atoms with Gasteiger partial charge in [0.25, 0.3) is 5.91 Å². The summed E-state index contributed by atoms with van der Waals surface area (Å²) >= 11 is 0. The SMILES string of the molecule is CC(=O)c1ccc2nc(C)c(C(N)=O)nc2c1. The van der Waals surface area contributed by atoms with Gasteiger partial charge in [0.15, 0.2) is 5.78 Å². The van der Waals surface area contributed by atoms with Gasteiger partial charge in [-0.25, -0.2) is 9.97 Å². The number of hydrogen-bond donors (Lipinski definition) is 1. The first-order valence-electron chi connectivity index (χ1n) is 5.08. The topological polar surface area (TPSA) is 85.9 Å². The highest BCUT2D eigenvalue weighted by molar-refractivity contribution is 5.98. The Labute approximate surface area is 97.7 Å². The first kappa shape index (κ1) is 11.2. The third-order valence-electron chi connectivity index (χ3n) is 2.48. The standard InChI is InChI=1S/C12H11N3O2/c1-6-11(12(13)17)15-10-5-8(7(2)16)3-4-9(10)14-6/h3-5H,1-2H3,(H2,13,17). The largest absolute Gasteiger partial charge is 0.364 e. The molecule has 5 nitrogen and oxygen atoms in total. The Kier molecular flexibility index (Phi) is 2.59. The van der Waals surface area contributed by atoms with Crippen molar-refractivity contribution in [2.45, 2.75) is 13.8 Å². The lowest BCUT2D eigenvalue weighted by Crippen LogP contribution is -2.16. The van der Waals surface area contributed by atoms with Gasteiger partial charge in [0.05, 0.1) is 16.7 Å². The third-order valence-corrected chi connectivity index (χ3v) is 2.48. The molecule has 0 atom stereocenters. The number of benzene rings is 1. The molecule has 0 aliphatic heterocycles. The minimum atomic E-state index is -0.620. The monoisotopic (exact) mass is 229 g/mol.